The van der Waals surface area contributed by atoms with E-state index in [4.69, 9.17) is 0 Å². The second-order valence-electron chi connectivity index (χ2n) is 8.54. The van der Waals surface area contributed by atoms with Crippen molar-refractivity contribution in [3.63, 3.8) is 0 Å². The molecule has 30 heavy (non-hydrogen) atoms. The minimum Gasteiger partial charge on any atom is -0.347 e. The van der Waals surface area contributed by atoms with E-state index in [1.54, 1.807) is 7.05 Å². The van der Waals surface area contributed by atoms with E-state index in [1.807, 2.05) is 13.8 Å². The molecular weight excluding hydrogens is 380 g/mol. The fourth-order valence-electron chi connectivity index (χ4n) is 3.41. The molecule has 0 fully saturated rings. The van der Waals surface area contributed by atoms with Crippen LogP contribution in [0.3, 0.4) is 0 Å². The first kappa shape index (κ1) is 28.5. The number of nitrogens with one attached hydrogen (secondary N) is 3. The van der Waals surface area contributed by atoms with Gasteiger partial charge in [0.1, 0.15) is 11.8 Å². The lowest BCUT2D eigenvalue weighted by molar-refractivity contribution is -0.131. The van der Waals surface area contributed by atoms with E-state index in [2.05, 4.69) is 34.7 Å². The second kappa shape index (κ2) is 17.2. The number of likely N-dealkylation sites (N-methyl/N-ethyl adjacent to an activating group) is 1. The summed E-state index contributed by atoms with van der Waals surface area (Å²) in [5.41, 5.74) is 0. The van der Waals surface area contributed by atoms with Crippen LogP contribution in [0.1, 0.15) is 79.6 Å². The second-order valence-corrected chi connectivity index (χ2v) is 8.54. The summed E-state index contributed by atoms with van der Waals surface area (Å²) < 4.78 is 0. The molecule has 0 bridgehead atoms. The van der Waals surface area contributed by atoms with E-state index >= 15 is 0 Å². The number of rotatable bonds is 18. The summed E-state index contributed by atoms with van der Waals surface area (Å²) in [5, 5.41) is 8.55. The van der Waals surface area contributed by atoms with Gasteiger partial charge in [0, 0.05) is 0 Å². The zero-order chi connectivity index (χ0) is 22.9. The summed E-state index contributed by atoms with van der Waals surface area (Å²) in [6.45, 7) is 13.0. The molecule has 0 aliphatic heterocycles. The van der Waals surface area contributed by atoms with E-state index in [-0.39, 0.29) is 36.1 Å². The molecule has 0 radical (unpaired) electrons. The molecule has 0 aliphatic carbocycles. The Morgan fingerprint density at radius 2 is 1.43 bits per heavy atom. The standard InChI is InChI=1S/C23H46N4O3/c1-7-9-14-27(15-10-8-2)16-12-11-13-20(22(29)25-17-19(5)28)26-23(30)21(24-6)18(3)4/h18,20-21,24H,7-17H2,1-6H3,(H,25,29)(H,26,30)/t20-,21-/m0/s1. The minimum atomic E-state index is -0.619. The van der Waals surface area contributed by atoms with Crippen LogP contribution in [-0.4, -0.2) is 67.8 Å². The Kier molecular flexibility index (Phi) is 16.4. The number of ketones is 1. The molecule has 0 aromatic rings. The molecule has 176 valence electrons. The molecule has 0 aliphatic rings. The van der Waals surface area contributed by atoms with Crippen molar-refractivity contribution < 1.29 is 14.4 Å². The van der Waals surface area contributed by atoms with E-state index in [1.165, 1.54) is 32.6 Å². The molecule has 0 aromatic heterocycles. The fraction of sp³-hybridized carbons (Fsp3) is 0.870. The lowest BCUT2D eigenvalue weighted by Gasteiger charge is -2.25. The Bertz CT molecular complexity index is 489. The van der Waals surface area contributed by atoms with Crippen LogP contribution >= 0.6 is 0 Å². The van der Waals surface area contributed by atoms with Crippen molar-refractivity contribution in [2.24, 2.45) is 5.92 Å². The number of hydrogen-bond acceptors (Lipinski definition) is 5. The lowest BCUT2D eigenvalue weighted by Crippen LogP contribution is -2.54. The highest BCUT2D eigenvalue weighted by molar-refractivity contribution is 5.91. The third-order valence-corrected chi connectivity index (χ3v) is 5.28. The first-order valence-electron chi connectivity index (χ1n) is 11.7. The van der Waals surface area contributed by atoms with Gasteiger partial charge < -0.3 is 20.9 Å². The molecule has 0 heterocycles. The van der Waals surface area contributed by atoms with Gasteiger partial charge in [-0.2, -0.15) is 0 Å². The summed E-state index contributed by atoms with van der Waals surface area (Å²) in [6.07, 6.45) is 7.19. The molecule has 2 atom stereocenters. The highest BCUT2D eigenvalue weighted by Crippen LogP contribution is 2.08. The first-order valence-corrected chi connectivity index (χ1v) is 11.7. The average molecular weight is 427 g/mol. The van der Waals surface area contributed by atoms with E-state index in [0.717, 1.165) is 32.5 Å². The zero-order valence-corrected chi connectivity index (χ0v) is 20.2. The topological polar surface area (TPSA) is 90.5 Å². The molecule has 0 saturated heterocycles. The van der Waals surface area contributed by atoms with Crippen LogP contribution in [0.4, 0.5) is 0 Å². The van der Waals surface area contributed by atoms with Gasteiger partial charge in [-0.05, 0) is 71.6 Å². The third-order valence-electron chi connectivity index (χ3n) is 5.28. The van der Waals surface area contributed by atoms with Crippen LogP contribution in [0.5, 0.6) is 0 Å². The van der Waals surface area contributed by atoms with Crippen molar-refractivity contribution in [1.82, 2.24) is 20.9 Å². The molecule has 0 saturated carbocycles. The number of carbonyl (C=O) groups excluding carboxylic acids is 3. The Hall–Kier alpha value is -1.47. The van der Waals surface area contributed by atoms with Gasteiger partial charge in [-0.3, -0.25) is 14.4 Å². The van der Waals surface area contributed by atoms with Gasteiger partial charge in [0.05, 0.1) is 12.6 Å². The number of nitrogens with zero attached hydrogens (tertiary/aromatic N) is 1. The highest BCUT2D eigenvalue weighted by Gasteiger charge is 2.26. The van der Waals surface area contributed by atoms with Gasteiger partial charge in [-0.25, -0.2) is 0 Å². The Labute approximate surface area is 184 Å². The summed E-state index contributed by atoms with van der Waals surface area (Å²) in [5.74, 6) is -0.457. The van der Waals surface area contributed by atoms with Crippen molar-refractivity contribution in [3.8, 4) is 0 Å². The number of Topliss-reactive ketones (excluding diaryl/α,β-unsaturated/α-hetero) is 1. The predicted octanol–water partition coefficient (Wildman–Crippen LogP) is 2.49. The maximum atomic E-state index is 12.6. The SMILES string of the molecule is CCCCN(CCCC)CCCC[C@H](NC(=O)[C@@H](NC)C(C)C)C(=O)NCC(C)=O. The molecule has 0 unspecified atom stereocenters. The summed E-state index contributed by atoms with van der Waals surface area (Å²) in [6, 6.07) is -0.974. The van der Waals surface area contributed by atoms with Crippen LogP contribution in [0, 0.1) is 5.92 Å². The monoisotopic (exact) mass is 426 g/mol. The van der Waals surface area contributed by atoms with E-state index in [9.17, 15) is 14.4 Å². The van der Waals surface area contributed by atoms with Crippen LogP contribution in [0.25, 0.3) is 0 Å². The third kappa shape index (κ3) is 13.0. The summed E-state index contributed by atoms with van der Waals surface area (Å²) in [7, 11) is 1.75. The maximum Gasteiger partial charge on any atom is 0.242 e. The molecule has 0 spiro atoms. The van der Waals surface area contributed by atoms with Crippen molar-refractivity contribution in [2.45, 2.75) is 91.6 Å². The number of amides is 2. The largest absolute Gasteiger partial charge is 0.347 e. The van der Waals surface area contributed by atoms with Crippen LogP contribution in [-0.2, 0) is 14.4 Å². The zero-order valence-electron chi connectivity index (χ0n) is 20.2. The molecule has 0 aromatic carbocycles. The summed E-state index contributed by atoms with van der Waals surface area (Å²) >= 11 is 0. The van der Waals surface area contributed by atoms with Crippen molar-refractivity contribution in [1.29, 1.82) is 0 Å². The quantitative estimate of drug-likeness (QED) is 0.293. The van der Waals surface area contributed by atoms with Gasteiger partial charge in [-0.1, -0.05) is 40.5 Å². The summed E-state index contributed by atoms with van der Waals surface area (Å²) in [4.78, 5) is 38.9. The Morgan fingerprint density at radius 3 is 1.90 bits per heavy atom. The average Bonchev–Trinajstić information content (AvgIpc) is 2.69. The number of carbonyl (C=O) groups is 3. The molecule has 7 nitrogen and oxygen atoms in total. The van der Waals surface area contributed by atoms with Crippen LogP contribution < -0.4 is 16.0 Å². The van der Waals surface area contributed by atoms with Gasteiger partial charge in [0.2, 0.25) is 11.8 Å². The normalized spacial score (nSPS) is 13.3. The maximum absolute atomic E-state index is 12.6. The van der Waals surface area contributed by atoms with Gasteiger partial charge >= 0.3 is 0 Å². The molecular formula is C23H46N4O3. The minimum absolute atomic E-state index is 0.00729. The highest BCUT2D eigenvalue weighted by atomic mass is 16.2. The van der Waals surface area contributed by atoms with Gasteiger partial charge in [0.15, 0.2) is 0 Å². The van der Waals surface area contributed by atoms with Crippen molar-refractivity contribution in [2.75, 3.05) is 33.2 Å². The van der Waals surface area contributed by atoms with E-state index < -0.39 is 6.04 Å². The fourth-order valence-corrected chi connectivity index (χ4v) is 3.41. The molecule has 2 amide bonds. The lowest BCUT2D eigenvalue weighted by atomic mass is 10.0. The molecule has 3 N–H and O–H groups in total. The van der Waals surface area contributed by atoms with Gasteiger partial charge in [0.25, 0.3) is 0 Å². The number of hydrogen-bond donors (Lipinski definition) is 3. The van der Waals surface area contributed by atoms with E-state index in [0.29, 0.717) is 6.42 Å². The van der Waals surface area contributed by atoms with Crippen LogP contribution in [0.2, 0.25) is 0 Å². The predicted molar refractivity (Wildman–Crippen MR) is 123 cm³/mol. The van der Waals surface area contributed by atoms with Crippen LogP contribution in [0.15, 0.2) is 0 Å². The Balaban J connectivity index is 4.80. The van der Waals surface area contributed by atoms with Gasteiger partial charge in [-0.15, -0.1) is 0 Å². The Morgan fingerprint density at radius 1 is 0.867 bits per heavy atom. The molecule has 7 heteroatoms. The smallest absolute Gasteiger partial charge is 0.242 e. The molecule has 0 rings (SSSR count). The number of unbranched alkanes of at least 4 members (excludes halogenated alkanes) is 3. The van der Waals surface area contributed by atoms with Crippen molar-refractivity contribution >= 4 is 17.6 Å². The first-order chi connectivity index (χ1) is 14.3. The van der Waals surface area contributed by atoms with Crippen molar-refractivity contribution in [3.05, 3.63) is 0 Å².